The largest absolute Gasteiger partial charge is 0.358 e. The Labute approximate surface area is 202 Å². The van der Waals surface area contributed by atoms with Crippen LogP contribution in [0.5, 0.6) is 0 Å². The molecular formula is C26H35ClN6. The number of imidazole rings is 1. The molecule has 0 amide bonds. The summed E-state index contributed by atoms with van der Waals surface area (Å²) in [5.74, 6) is 1.16. The van der Waals surface area contributed by atoms with E-state index in [0.717, 1.165) is 54.7 Å². The lowest BCUT2D eigenvalue weighted by atomic mass is 9.91. The number of pyridine rings is 2. The number of nitrogens with zero attached hydrogens (tertiary/aromatic N) is 6. The molecule has 5 rings (SSSR count). The van der Waals surface area contributed by atoms with Crippen molar-refractivity contribution in [1.82, 2.24) is 24.2 Å². The van der Waals surface area contributed by atoms with Gasteiger partial charge in [0.2, 0.25) is 0 Å². The zero-order valence-electron chi connectivity index (χ0n) is 20.2. The Bertz CT molecular complexity index is 1120. The molecular weight excluding hydrogens is 432 g/mol. The van der Waals surface area contributed by atoms with Gasteiger partial charge in [-0.1, -0.05) is 23.7 Å². The van der Waals surface area contributed by atoms with E-state index in [2.05, 4.69) is 71.4 Å². The Hall–Kier alpha value is -2.15. The molecule has 3 aromatic heterocycles. The van der Waals surface area contributed by atoms with Crippen molar-refractivity contribution in [2.24, 2.45) is 0 Å². The molecule has 0 spiro atoms. The third kappa shape index (κ3) is 4.13. The minimum atomic E-state index is 0.185. The first-order chi connectivity index (χ1) is 16.0. The van der Waals surface area contributed by atoms with Crippen molar-refractivity contribution in [3.05, 3.63) is 58.6 Å². The second-order valence-corrected chi connectivity index (χ2v) is 10.2. The predicted molar refractivity (Wildman–Crippen MR) is 135 cm³/mol. The third-order valence-electron chi connectivity index (χ3n) is 7.73. The number of hydrogen-bond donors (Lipinski definition) is 0. The second-order valence-electron chi connectivity index (χ2n) is 9.88. The first-order valence-electron chi connectivity index (χ1n) is 12.2. The molecule has 2 atom stereocenters. The zero-order chi connectivity index (χ0) is 23.1. The SMILES string of the molecule is Cc1cccnc1[C@@H]1CCCC(c2nc3cccc(N4CCC(N(C)C)CC4)n3c2Cl)N1C. The summed E-state index contributed by atoms with van der Waals surface area (Å²) in [4.78, 5) is 17.1. The Balaban J connectivity index is 1.47. The van der Waals surface area contributed by atoms with Crippen molar-refractivity contribution in [3.8, 4) is 0 Å². The summed E-state index contributed by atoms with van der Waals surface area (Å²) in [6.07, 6.45) is 7.56. The van der Waals surface area contributed by atoms with Gasteiger partial charge in [0.15, 0.2) is 0 Å². The molecule has 0 aliphatic carbocycles. The van der Waals surface area contributed by atoms with Gasteiger partial charge in [-0.05, 0) is 83.9 Å². The van der Waals surface area contributed by atoms with E-state index in [1.165, 1.54) is 24.1 Å². The number of aromatic nitrogens is 3. The van der Waals surface area contributed by atoms with Gasteiger partial charge in [0, 0.05) is 25.3 Å². The average Bonchev–Trinajstić information content (AvgIpc) is 3.16. The summed E-state index contributed by atoms with van der Waals surface area (Å²) < 4.78 is 2.16. The molecule has 0 saturated carbocycles. The summed E-state index contributed by atoms with van der Waals surface area (Å²) in [5.41, 5.74) is 4.36. The van der Waals surface area contributed by atoms with E-state index in [1.807, 2.05) is 12.3 Å². The zero-order valence-corrected chi connectivity index (χ0v) is 21.0. The topological polar surface area (TPSA) is 39.9 Å². The minimum absolute atomic E-state index is 0.185. The highest BCUT2D eigenvalue weighted by atomic mass is 35.5. The van der Waals surface area contributed by atoms with Crippen molar-refractivity contribution in [2.75, 3.05) is 39.1 Å². The summed E-state index contributed by atoms with van der Waals surface area (Å²) in [6, 6.07) is 11.7. The van der Waals surface area contributed by atoms with Gasteiger partial charge in [0.25, 0.3) is 0 Å². The number of aryl methyl sites for hydroxylation is 1. The van der Waals surface area contributed by atoms with Crippen LogP contribution in [-0.4, -0.2) is 64.4 Å². The highest BCUT2D eigenvalue weighted by molar-refractivity contribution is 6.30. The maximum atomic E-state index is 7.11. The molecule has 2 aliphatic rings. The summed E-state index contributed by atoms with van der Waals surface area (Å²) in [5, 5.41) is 0.755. The standard InChI is InChI=1S/C26H35ClN6/c1-18-8-7-15-28-24(18)20-9-5-10-21(31(20)4)25-26(27)33-22(29-25)11-6-12-23(33)32-16-13-19(14-17-32)30(2)3/h6-8,11-12,15,19-21H,5,9-10,13-14,16-17H2,1-4H3/t20-,21?/m0/s1. The van der Waals surface area contributed by atoms with Gasteiger partial charge in [-0.25, -0.2) is 4.98 Å². The van der Waals surface area contributed by atoms with E-state index in [1.54, 1.807) is 0 Å². The Morgan fingerprint density at radius 1 is 0.970 bits per heavy atom. The summed E-state index contributed by atoms with van der Waals surface area (Å²) in [6.45, 7) is 4.23. The van der Waals surface area contributed by atoms with Gasteiger partial charge in [0.05, 0.1) is 23.5 Å². The molecule has 0 N–H and O–H groups in total. The maximum absolute atomic E-state index is 7.11. The van der Waals surface area contributed by atoms with Crippen LogP contribution < -0.4 is 4.90 Å². The van der Waals surface area contributed by atoms with Crippen LogP contribution in [0, 0.1) is 6.92 Å². The maximum Gasteiger partial charge on any atom is 0.139 e. The molecule has 2 fully saturated rings. The molecule has 176 valence electrons. The van der Waals surface area contributed by atoms with E-state index in [9.17, 15) is 0 Å². The van der Waals surface area contributed by atoms with Gasteiger partial charge >= 0.3 is 0 Å². The molecule has 33 heavy (non-hydrogen) atoms. The lowest BCUT2D eigenvalue weighted by Crippen LogP contribution is -2.42. The van der Waals surface area contributed by atoms with Crippen molar-refractivity contribution >= 4 is 23.1 Å². The van der Waals surface area contributed by atoms with E-state index in [-0.39, 0.29) is 12.1 Å². The van der Waals surface area contributed by atoms with Crippen molar-refractivity contribution in [3.63, 3.8) is 0 Å². The van der Waals surface area contributed by atoms with Crippen LogP contribution in [0.3, 0.4) is 0 Å². The molecule has 2 saturated heterocycles. The number of halogens is 1. The fourth-order valence-electron chi connectivity index (χ4n) is 5.76. The van der Waals surface area contributed by atoms with Gasteiger partial charge < -0.3 is 9.80 Å². The normalized spacial score (nSPS) is 23.0. The quantitative estimate of drug-likeness (QED) is 0.533. The van der Waals surface area contributed by atoms with Crippen molar-refractivity contribution in [1.29, 1.82) is 0 Å². The number of fused-ring (bicyclic) bond motifs is 1. The second kappa shape index (κ2) is 9.24. The van der Waals surface area contributed by atoms with Gasteiger partial charge in [-0.2, -0.15) is 0 Å². The fourth-order valence-corrected chi connectivity index (χ4v) is 6.11. The monoisotopic (exact) mass is 466 g/mol. The summed E-state index contributed by atoms with van der Waals surface area (Å²) >= 11 is 7.11. The number of hydrogen-bond acceptors (Lipinski definition) is 5. The molecule has 0 radical (unpaired) electrons. The van der Waals surface area contributed by atoms with E-state index in [4.69, 9.17) is 21.6 Å². The summed E-state index contributed by atoms with van der Waals surface area (Å²) in [7, 11) is 6.57. The minimum Gasteiger partial charge on any atom is -0.358 e. The van der Waals surface area contributed by atoms with Crippen LogP contribution in [0.25, 0.3) is 5.65 Å². The van der Waals surface area contributed by atoms with Crippen LogP contribution in [0.1, 0.15) is 61.1 Å². The Morgan fingerprint density at radius 3 is 2.39 bits per heavy atom. The smallest absolute Gasteiger partial charge is 0.139 e. The number of likely N-dealkylation sites (tertiary alicyclic amines) is 1. The van der Waals surface area contributed by atoms with Crippen LogP contribution in [0.4, 0.5) is 5.82 Å². The average molecular weight is 467 g/mol. The highest BCUT2D eigenvalue weighted by Crippen LogP contribution is 2.43. The molecule has 0 bridgehead atoms. The van der Waals surface area contributed by atoms with Gasteiger partial charge in [-0.15, -0.1) is 0 Å². The molecule has 7 heteroatoms. The number of rotatable bonds is 4. The van der Waals surface area contributed by atoms with Crippen LogP contribution in [0.2, 0.25) is 5.15 Å². The first kappa shape index (κ1) is 22.6. The third-order valence-corrected chi connectivity index (χ3v) is 8.09. The lowest BCUT2D eigenvalue weighted by Gasteiger charge is -2.39. The van der Waals surface area contributed by atoms with Crippen LogP contribution in [-0.2, 0) is 0 Å². The van der Waals surface area contributed by atoms with Gasteiger partial charge in [0.1, 0.15) is 16.6 Å². The highest BCUT2D eigenvalue weighted by Gasteiger charge is 2.35. The molecule has 3 aromatic rings. The van der Waals surface area contributed by atoms with Gasteiger partial charge in [-0.3, -0.25) is 14.3 Å². The molecule has 5 heterocycles. The number of anilines is 1. The molecule has 0 aromatic carbocycles. The fraction of sp³-hybridized carbons (Fsp3) is 0.538. The van der Waals surface area contributed by atoms with Crippen molar-refractivity contribution < 1.29 is 0 Å². The van der Waals surface area contributed by atoms with Crippen molar-refractivity contribution in [2.45, 2.75) is 57.2 Å². The molecule has 1 unspecified atom stereocenters. The van der Waals surface area contributed by atoms with E-state index < -0.39 is 0 Å². The lowest BCUT2D eigenvalue weighted by molar-refractivity contribution is 0.109. The molecule has 6 nitrogen and oxygen atoms in total. The first-order valence-corrected chi connectivity index (χ1v) is 12.5. The Morgan fingerprint density at radius 2 is 1.70 bits per heavy atom. The van der Waals surface area contributed by atoms with E-state index in [0.29, 0.717) is 6.04 Å². The van der Waals surface area contributed by atoms with Crippen LogP contribution in [0.15, 0.2) is 36.5 Å². The van der Waals surface area contributed by atoms with Crippen LogP contribution >= 0.6 is 11.6 Å². The number of piperidine rings is 2. The Kier molecular flexibility index (Phi) is 6.34. The predicted octanol–water partition coefficient (Wildman–Crippen LogP) is 5.12. The van der Waals surface area contributed by atoms with E-state index >= 15 is 0 Å². The molecule has 2 aliphatic heterocycles.